The Balaban J connectivity index is 1.43. The molecule has 2 fully saturated rings. The highest BCUT2D eigenvalue weighted by Crippen LogP contribution is 2.52. The van der Waals surface area contributed by atoms with Gasteiger partial charge in [0.2, 0.25) is 0 Å². The van der Waals surface area contributed by atoms with Gasteiger partial charge in [-0.05, 0) is 41.5 Å². The third-order valence-electron chi connectivity index (χ3n) is 9.63. The number of fused-ring (bicyclic) bond motifs is 1. The number of hydrogen-bond acceptors (Lipinski definition) is 21. The van der Waals surface area contributed by atoms with Crippen LogP contribution in [0.15, 0.2) is 36.4 Å². The fraction of sp³-hybridized carbons (Fsp3) is 0.500. The molecule has 0 bridgehead atoms. The Morgan fingerprint density at radius 2 is 1.13 bits per heavy atom. The molecule has 0 radical (unpaired) electrons. The van der Waals surface area contributed by atoms with Crippen LogP contribution in [0, 0.1) is 0 Å². The molecule has 21 heteroatoms. The molecule has 2 aromatic carbocycles. The van der Waals surface area contributed by atoms with Crippen molar-refractivity contribution in [2.75, 3.05) is 41.7 Å². The van der Waals surface area contributed by atoms with Gasteiger partial charge >= 0.3 is 41.8 Å². The molecule has 2 saturated heterocycles. The highest BCUT2D eigenvalue weighted by atomic mass is 16.7. The van der Waals surface area contributed by atoms with Crippen molar-refractivity contribution in [3.63, 3.8) is 0 Å². The van der Waals surface area contributed by atoms with Crippen molar-refractivity contribution >= 4 is 47.9 Å². The average Bonchev–Trinajstić information content (AvgIpc) is 3.87. The molecule has 0 aromatic heterocycles. The second-order valence-corrected chi connectivity index (χ2v) is 14.1. The van der Waals surface area contributed by atoms with Crippen molar-refractivity contribution in [1.29, 1.82) is 0 Å². The van der Waals surface area contributed by atoms with Crippen LogP contribution in [-0.2, 0) is 80.9 Å². The SMILES string of the molecule is COc1cc(C2Oc3c(OC)cc(/C=C/C(=O)OC[C@@H]4O[C@@H](OC)[C@H](OC(C)=O)[C@H]4OC(C)=O)cc3C2C(=O)OC[C@@H]2O[C@@H](OC)[C@H](OC(C)=O)[C@H]2OC(C)=O)ccc1OC(C)=O. The predicted octanol–water partition coefficient (Wildman–Crippen LogP) is 2.42. The zero-order valence-electron chi connectivity index (χ0n) is 35.8. The lowest BCUT2D eigenvalue weighted by Gasteiger charge is -2.23. The third-order valence-corrected chi connectivity index (χ3v) is 9.63. The molecule has 3 aliphatic rings. The van der Waals surface area contributed by atoms with Crippen molar-refractivity contribution in [1.82, 2.24) is 0 Å². The third kappa shape index (κ3) is 11.6. The van der Waals surface area contributed by atoms with Gasteiger partial charge in [0.15, 0.2) is 60.0 Å². The Labute approximate surface area is 360 Å². The maximum absolute atomic E-state index is 14.4. The minimum Gasteiger partial charge on any atom is -0.493 e. The van der Waals surface area contributed by atoms with Gasteiger partial charge in [-0.1, -0.05) is 6.07 Å². The van der Waals surface area contributed by atoms with E-state index in [0.29, 0.717) is 11.1 Å². The number of ether oxygens (including phenoxy) is 14. The van der Waals surface area contributed by atoms with Crippen molar-refractivity contribution in [3.05, 3.63) is 53.1 Å². The van der Waals surface area contributed by atoms with E-state index in [0.717, 1.165) is 33.8 Å². The second-order valence-electron chi connectivity index (χ2n) is 14.1. The van der Waals surface area contributed by atoms with E-state index in [2.05, 4.69) is 0 Å². The number of benzene rings is 2. The van der Waals surface area contributed by atoms with E-state index in [1.807, 2.05) is 0 Å². The van der Waals surface area contributed by atoms with Gasteiger partial charge in [-0.3, -0.25) is 28.8 Å². The summed E-state index contributed by atoms with van der Waals surface area (Å²) in [5, 5.41) is 0. The van der Waals surface area contributed by atoms with Gasteiger partial charge in [-0.25, -0.2) is 4.79 Å². The predicted molar refractivity (Wildman–Crippen MR) is 208 cm³/mol. The summed E-state index contributed by atoms with van der Waals surface area (Å²) >= 11 is 0. The van der Waals surface area contributed by atoms with Gasteiger partial charge < -0.3 is 66.3 Å². The monoisotopic (exact) mass is 888 g/mol. The Bertz CT molecular complexity index is 2080. The summed E-state index contributed by atoms with van der Waals surface area (Å²) in [5.41, 5.74) is 1.00. The fourth-order valence-corrected chi connectivity index (χ4v) is 7.18. The van der Waals surface area contributed by atoms with Crippen LogP contribution in [0.4, 0.5) is 0 Å². The average molecular weight is 889 g/mol. The van der Waals surface area contributed by atoms with Gasteiger partial charge in [0.05, 0.1) is 14.2 Å². The van der Waals surface area contributed by atoms with Crippen molar-refractivity contribution in [2.24, 2.45) is 0 Å². The molecule has 0 saturated carbocycles. The minimum absolute atomic E-state index is 0.106. The topological polar surface area (TPSA) is 249 Å². The molecule has 0 aliphatic carbocycles. The Kier molecular flexibility index (Phi) is 16.1. The Hall–Kier alpha value is -6.29. The van der Waals surface area contributed by atoms with Gasteiger partial charge in [0.1, 0.15) is 37.4 Å². The summed E-state index contributed by atoms with van der Waals surface area (Å²) in [4.78, 5) is 86.8. The molecule has 0 amide bonds. The van der Waals surface area contributed by atoms with Gasteiger partial charge in [-0.2, -0.15) is 0 Å². The van der Waals surface area contributed by atoms with Crippen molar-refractivity contribution < 1.29 is 99.9 Å². The maximum atomic E-state index is 14.4. The Morgan fingerprint density at radius 3 is 1.62 bits per heavy atom. The molecule has 63 heavy (non-hydrogen) atoms. The number of esters is 7. The molecular formula is C42H48O21. The van der Waals surface area contributed by atoms with Crippen LogP contribution in [0.1, 0.15) is 63.3 Å². The van der Waals surface area contributed by atoms with Crippen LogP contribution < -0.4 is 18.9 Å². The highest BCUT2D eigenvalue weighted by Gasteiger charge is 2.52. The smallest absolute Gasteiger partial charge is 0.330 e. The molecule has 2 unspecified atom stereocenters. The van der Waals surface area contributed by atoms with E-state index in [4.69, 9.17) is 66.3 Å². The molecule has 342 valence electrons. The molecule has 0 N–H and O–H groups in total. The molecule has 10 atom stereocenters. The first-order chi connectivity index (χ1) is 30.0. The van der Waals surface area contributed by atoms with Crippen LogP contribution >= 0.6 is 0 Å². The van der Waals surface area contributed by atoms with Crippen molar-refractivity contribution in [3.8, 4) is 23.0 Å². The largest absolute Gasteiger partial charge is 0.493 e. The van der Waals surface area contributed by atoms with E-state index < -0.39 is 116 Å². The summed E-state index contributed by atoms with van der Waals surface area (Å²) in [6.45, 7) is 4.92. The standard InChI is InChI=1S/C42H48O21/c1-19(43)56-27-12-11-25(16-28(27)50-6)34-33(40(49)55-18-31-37(58-21(3)45)39(60-23(5)47)42(53-9)62-31)26-14-24(15-29(51-7)35(26)63-34)10-13-32(48)54-17-30-36(57-20(2)44)38(59-22(4)46)41(52-8)61-30/h10-16,30-31,33-34,36-39,41-42H,17-18H2,1-9H3/b13-10+/t30-,31-,33?,34?,36-,37-,38+,39+,41+,42+/m0/s1. The van der Waals surface area contributed by atoms with Crippen LogP contribution in [0.25, 0.3) is 6.08 Å². The van der Waals surface area contributed by atoms with Crippen LogP contribution in [-0.4, -0.2) is 133 Å². The van der Waals surface area contributed by atoms with Crippen LogP contribution in [0.5, 0.6) is 23.0 Å². The summed E-state index contributed by atoms with van der Waals surface area (Å²) in [5.74, 6) is -5.77. The van der Waals surface area contributed by atoms with Gasteiger partial charge in [0, 0.05) is 60.5 Å². The molecular weight excluding hydrogens is 840 g/mol. The number of rotatable bonds is 17. The molecule has 5 rings (SSSR count). The summed E-state index contributed by atoms with van der Waals surface area (Å²) in [6, 6.07) is 7.65. The van der Waals surface area contributed by atoms with Crippen molar-refractivity contribution in [2.45, 2.75) is 95.8 Å². The highest BCUT2D eigenvalue weighted by molar-refractivity contribution is 5.88. The van der Waals surface area contributed by atoms with Gasteiger partial charge in [0.25, 0.3) is 0 Å². The molecule has 2 aromatic rings. The second kappa shape index (κ2) is 21.2. The first-order valence-electron chi connectivity index (χ1n) is 19.3. The summed E-state index contributed by atoms with van der Waals surface area (Å²) in [7, 11) is 5.32. The maximum Gasteiger partial charge on any atom is 0.330 e. The fourth-order valence-electron chi connectivity index (χ4n) is 7.18. The quantitative estimate of drug-likeness (QED) is 0.0957. The zero-order valence-corrected chi connectivity index (χ0v) is 35.8. The number of carbonyl (C=O) groups excluding carboxylic acids is 7. The first kappa shape index (κ1) is 47.8. The number of hydrogen-bond donors (Lipinski definition) is 0. The van der Waals surface area contributed by atoms with Crippen LogP contribution in [0.3, 0.4) is 0 Å². The van der Waals surface area contributed by atoms with Crippen LogP contribution in [0.2, 0.25) is 0 Å². The Morgan fingerprint density at radius 1 is 0.603 bits per heavy atom. The van der Waals surface area contributed by atoms with E-state index >= 15 is 0 Å². The molecule has 3 aliphatic heterocycles. The molecule has 3 heterocycles. The lowest BCUT2D eigenvalue weighted by atomic mass is 9.89. The van der Waals surface area contributed by atoms with E-state index in [1.165, 1.54) is 59.6 Å². The zero-order chi connectivity index (χ0) is 46.1. The van der Waals surface area contributed by atoms with Gasteiger partial charge in [-0.15, -0.1) is 0 Å². The first-order valence-corrected chi connectivity index (χ1v) is 19.3. The molecule has 0 spiro atoms. The van der Waals surface area contributed by atoms with E-state index in [1.54, 1.807) is 12.1 Å². The molecule has 21 nitrogen and oxygen atoms in total. The summed E-state index contributed by atoms with van der Waals surface area (Å²) < 4.78 is 77.5. The van der Waals surface area contributed by atoms with E-state index in [-0.39, 0.29) is 28.6 Å². The lowest BCUT2D eigenvalue weighted by molar-refractivity contribution is -0.182. The lowest BCUT2D eigenvalue weighted by Crippen LogP contribution is -2.41. The summed E-state index contributed by atoms with van der Waals surface area (Å²) in [6.07, 6.45) is -7.80. The minimum atomic E-state index is -1.24. The number of methoxy groups -OCH3 is 4. The van der Waals surface area contributed by atoms with E-state index in [9.17, 15) is 33.6 Å². The normalized spacial score (nSPS) is 25.9. The number of carbonyl (C=O) groups is 7.